The SMILES string of the molecule is c1ccc2c(c1)B1c3c(cccc3-2)Sc2c1c1ccccc1c1ccccc21. The van der Waals surface area contributed by atoms with Gasteiger partial charge in [-0.2, -0.15) is 0 Å². The fraction of sp³-hybridized carbons (Fsp3) is 0. The molecule has 0 spiro atoms. The van der Waals surface area contributed by atoms with Gasteiger partial charge in [-0.3, -0.25) is 0 Å². The van der Waals surface area contributed by atoms with Crippen LogP contribution in [0, 0.1) is 0 Å². The topological polar surface area (TPSA) is 0 Å². The van der Waals surface area contributed by atoms with E-state index in [0.29, 0.717) is 6.71 Å². The Labute approximate surface area is 168 Å². The lowest BCUT2D eigenvalue weighted by Crippen LogP contribution is -2.52. The lowest BCUT2D eigenvalue weighted by atomic mass is 9.38. The molecule has 2 heterocycles. The first-order chi connectivity index (χ1) is 13.9. The van der Waals surface area contributed by atoms with E-state index in [-0.39, 0.29) is 0 Å². The van der Waals surface area contributed by atoms with E-state index in [1.165, 1.54) is 58.9 Å². The van der Waals surface area contributed by atoms with Crippen molar-refractivity contribution in [2.45, 2.75) is 9.79 Å². The molecule has 0 atom stereocenters. The van der Waals surface area contributed by atoms with Crippen molar-refractivity contribution in [2.75, 3.05) is 0 Å². The summed E-state index contributed by atoms with van der Waals surface area (Å²) in [6.45, 7) is 0.327. The Kier molecular flexibility index (Phi) is 2.84. The standard InChI is InChI=1S/C26H15BS/c1-3-11-19-16(8-1)17-9-2-4-12-21(17)26-25(19)27-22-14-6-5-10-18(22)20-13-7-15-23(28-26)24(20)27/h1-15H. The highest BCUT2D eigenvalue weighted by Gasteiger charge is 2.41. The third-order valence-corrected chi connectivity index (χ3v) is 7.56. The molecule has 0 unspecified atom stereocenters. The maximum absolute atomic E-state index is 2.33. The molecule has 0 bridgehead atoms. The number of rotatable bonds is 0. The van der Waals surface area contributed by atoms with E-state index in [1.54, 1.807) is 0 Å². The minimum atomic E-state index is 0.327. The molecular formula is C26H15BS. The van der Waals surface area contributed by atoms with Gasteiger partial charge in [-0.1, -0.05) is 102 Å². The third-order valence-electron chi connectivity index (χ3n) is 6.34. The fourth-order valence-corrected chi connectivity index (χ4v) is 6.59. The lowest BCUT2D eigenvalue weighted by molar-refractivity contribution is 1.48. The highest BCUT2D eigenvalue weighted by atomic mass is 32.2. The van der Waals surface area contributed by atoms with Crippen LogP contribution in [-0.2, 0) is 0 Å². The molecule has 2 aliphatic rings. The second-order valence-electron chi connectivity index (χ2n) is 7.67. The van der Waals surface area contributed by atoms with Gasteiger partial charge >= 0.3 is 0 Å². The van der Waals surface area contributed by atoms with Crippen LogP contribution in [0.25, 0.3) is 32.7 Å². The minimum absolute atomic E-state index is 0.327. The Balaban J connectivity index is 1.72. The molecule has 0 N–H and O–H groups in total. The highest BCUT2D eigenvalue weighted by molar-refractivity contribution is 8.00. The molecule has 2 heteroatoms. The zero-order chi connectivity index (χ0) is 18.2. The number of fused-ring (bicyclic) bond motifs is 10. The van der Waals surface area contributed by atoms with Crippen molar-refractivity contribution in [3.63, 3.8) is 0 Å². The Hall–Kier alpha value is -2.97. The monoisotopic (exact) mass is 370 g/mol. The summed E-state index contributed by atoms with van der Waals surface area (Å²) in [7, 11) is 0. The van der Waals surface area contributed by atoms with Crippen LogP contribution in [-0.4, -0.2) is 6.71 Å². The predicted molar refractivity (Wildman–Crippen MR) is 122 cm³/mol. The van der Waals surface area contributed by atoms with Crippen molar-refractivity contribution in [3.8, 4) is 11.1 Å². The molecular weight excluding hydrogens is 355 g/mol. The molecule has 0 radical (unpaired) electrons. The quantitative estimate of drug-likeness (QED) is 0.269. The van der Waals surface area contributed by atoms with Gasteiger partial charge in [0.1, 0.15) is 0 Å². The number of hydrogen-bond donors (Lipinski definition) is 0. The second kappa shape index (κ2) is 5.30. The average Bonchev–Trinajstić information content (AvgIpc) is 3.10. The maximum atomic E-state index is 2.33. The predicted octanol–water partition coefficient (Wildman–Crippen LogP) is 4.95. The van der Waals surface area contributed by atoms with Crippen LogP contribution >= 0.6 is 11.8 Å². The number of hydrogen-bond acceptors (Lipinski definition) is 1. The Morgan fingerprint density at radius 1 is 0.500 bits per heavy atom. The van der Waals surface area contributed by atoms with Crippen LogP contribution in [0.5, 0.6) is 0 Å². The van der Waals surface area contributed by atoms with Gasteiger partial charge < -0.3 is 0 Å². The van der Waals surface area contributed by atoms with E-state index >= 15 is 0 Å². The first kappa shape index (κ1) is 15.0. The van der Waals surface area contributed by atoms with Crippen LogP contribution in [0.1, 0.15) is 0 Å². The van der Waals surface area contributed by atoms with Gasteiger partial charge in [-0.05, 0) is 49.7 Å². The molecule has 28 heavy (non-hydrogen) atoms. The average molecular weight is 370 g/mol. The highest BCUT2D eigenvalue weighted by Crippen LogP contribution is 2.42. The molecule has 0 aromatic heterocycles. The largest absolute Gasteiger partial charge is 0.246 e. The van der Waals surface area contributed by atoms with Gasteiger partial charge in [0.2, 0.25) is 6.71 Å². The molecule has 7 rings (SSSR count). The molecule has 0 fully saturated rings. The van der Waals surface area contributed by atoms with Gasteiger partial charge in [-0.15, -0.1) is 0 Å². The number of benzene rings is 5. The summed E-state index contributed by atoms with van der Waals surface area (Å²) >= 11 is 1.96. The second-order valence-corrected chi connectivity index (χ2v) is 8.73. The smallest absolute Gasteiger partial charge is 0.0905 e. The van der Waals surface area contributed by atoms with E-state index in [0.717, 1.165) is 0 Å². The third kappa shape index (κ3) is 1.75. The van der Waals surface area contributed by atoms with Crippen molar-refractivity contribution in [2.24, 2.45) is 0 Å². The molecule has 128 valence electrons. The molecule has 0 amide bonds. The van der Waals surface area contributed by atoms with Crippen molar-refractivity contribution < 1.29 is 0 Å². The minimum Gasteiger partial charge on any atom is -0.0905 e. The van der Waals surface area contributed by atoms with E-state index in [1.807, 2.05) is 11.8 Å². The zero-order valence-corrected chi connectivity index (χ0v) is 16.0. The van der Waals surface area contributed by atoms with E-state index in [2.05, 4.69) is 91.0 Å². The Bertz CT molecular complexity index is 1450. The van der Waals surface area contributed by atoms with E-state index in [4.69, 9.17) is 0 Å². The van der Waals surface area contributed by atoms with E-state index in [9.17, 15) is 0 Å². The van der Waals surface area contributed by atoms with Crippen LogP contribution in [0.15, 0.2) is 101 Å². The fourth-order valence-electron chi connectivity index (χ4n) is 5.26. The van der Waals surface area contributed by atoms with Crippen molar-refractivity contribution in [1.82, 2.24) is 0 Å². The normalized spacial score (nSPS) is 13.5. The molecule has 0 saturated carbocycles. The van der Waals surface area contributed by atoms with Gasteiger partial charge in [0.05, 0.1) is 0 Å². The zero-order valence-electron chi connectivity index (χ0n) is 15.1. The van der Waals surface area contributed by atoms with Gasteiger partial charge in [0.15, 0.2) is 0 Å². The molecule has 0 saturated heterocycles. The summed E-state index contributed by atoms with van der Waals surface area (Å²) < 4.78 is 0. The summed E-state index contributed by atoms with van der Waals surface area (Å²) in [5.41, 5.74) is 7.25. The van der Waals surface area contributed by atoms with Gasteiger partial charge in [-0.25, -0.2) is 0 Å². The molecule has 0 nitrogen and oxygen atoms in total. The Morgan fingerprint density at radius 2 is 1.14 bits per heavy atom. The van der Waals surface area contributed by atoms with Crippen LogP contribution in [0.4, 0.5) is 0 Å². The summed E-state index contributed by atoms with van der Waals surface area (Å²) in [6.07, 6.45) is 0. The lowest BCUT2D eigenvalue weighted by Gasteiger charge is -2.27. The maximum Gasteiger partial charge on any atom is 0.246 e. The van der Waals surface area contributed by atoms with Crippen molar-refractivity contribution in [3.05, 3.63) is 91.0 Å². The van der Waals surface area contributed by atoms with Gasteiger partial charge in [0, 0.05) is 9.79 Å². The first-order valence-corrected chi connectivity index (χ1v) is 10.6. The summed E-state index contributed by atoms with van der Waals surface area (Å²) in [6, 6.07) is 33.6. The summed E-state index contributed by atoms with van der Waals surface area (Å²) in [5.74, 6) is 0. The molecule has 0 aliphatic carbocycles. The van der Waals surface area contributed by atoms with Crippen molar-refractivity contribution >= 4 is 56.4 Å². The van der Waals surface area contributed by atoms with Gasteiger partial charge in [0.25, 0.3) is 0 Å². The Morgan fingerprint density at radius 3 is 2.00 bits per heavy atom. The molecule has 5 aromatic rings. The van der Waals surface area contributed by atoms with Crippen LogP contribution < -0.4 is 16.4 Å². The van der Waals surface area contributed by atoms with Crippen LogP contribution in [0.3, 0.4) is 0 Å². The first-order valence-electron chi connectivity index (χ1n) is 9.75. The molecule has 2 aliphatic heterocycles. The summed E-state index contributed by atoms with van der Waals surface area (Å²) in [5, 5.41) is 5.49. The molecule has 5 aromatic carbocycles. The summed E-state index contributed by atoms with van der Waals surface area (Å²) in [4.78, 5) is 2.84. The van der Waals surface area contributed by atoms with E-state index < -0.39 is 0 Å². The van der Waals surface area contributed by atoms with Crippen molar-refractivity contribution in [1.29, 1.82) is 0 Å². The van der Waals surface area contributed by atoms with Crippen LogP contribution in [0.2, 0.25) is 0 Å².